The third-order valence-electron chi connectivity index (χ3n) is 2.76. The lowest BCUT2D eigenvalue weighted by Crippen LogP contribution is -1.98. The quantitative estimate of drug-likeness (QED) is 0.823. The van der Waals surface area contributed by atoms with Crippen molar-refractivity contribution < 1.29 is 0 Å². The zero-order valence-corrected chi connectivity index (χ0v) is 9.75. The van der Waals surface area contributed by atoms with Crippen molar-refractivity contribution in [3.05, 3.63) is 52.6 Å². The van der Waals surface area contributed by atoms with Gasteiger partial charge in [-0.3, -0.25) is 0 Å². The highest BCUT2D eigenvalue weighted by atomic mass is 14.9. The van der Waals surface area contributed by atoms with Crippen molar-refractivity contribution in [2.24, 2.45) is 5.73 Å². The smallest absolute Gasteiger partial charge is 0.110 e. The number of rotatable bonds is 3. The number of imidazole rings is 1. The molecule has 1 heterocycles. The molecule has 84 valence electrons. The Balaban J connectivity index is 2.20. The van der Waals surface area contributed by atoms with E-state index in [1.807, 2.05) is 0 Å². The number of nitrogens with one attached hydrogen (secondary N) is 1. The monoisotopic (exact) mass is 215 g/mol. The molecule has 0 saturated carbocycles. The number of hydrogen-bond acceptors (Lipinski definition) is 2. The SMILES string of the molecule is Cc1ccc(Cc2ncc(CN)[nH]2)c(C)c1. The summed E-state index contributed by atoms with van der Waals surface area (Å²) in [6.45, 7) is 4.76. The van der Waals surface area contributed by atoms with E-state index in [4.69, 9.17) is 5.73 Å². The van der Waals surface area contributed by atoms with Gasteiger partial charge in [-0.05, 0) is 25.0 Å². The molecule has 2 rings (SSSR count). The van der Waals surface area contributed by atoms with E-state index in [1.54, 1.807) is 6.20 Å². The number of aromatic amines is 1. The highest BCUT2D eigenvalue weighted by molar-refractivity contribution is 5.32. The van der Waals surface area contributed by atoms with Crippen LogP contribution in [0.4, 0.5) is 0 Å². The molecule has 0 saturated heterocycles. The molecule has 0 bridgehead atoms. The van der Waals surface area contributed by atoms with E-state index in [1.165, 1.54) is 16.7 Å². The number of aryl methyl sites for hydroxylation is 2. The van der Waals surface area contributed by atoms with Gasteiger partial charge in [-0.25, -0.2) is 4.98 Å². The minimum atomic E-state index is 0.514. The number of aromatic nitrogens is 2. The molecule has 0 aliphatic heterocycles. The first-order valence-electron chi connectivity index (χ1n) is 5.48. The van der Waals surface area contributed by atoms with Crippen molar-refractivity contribution in [2.75, 3.05) is 0 Å². The van der Waals surface area contributed by atoms with Crippen molar-refractivity contribution in [3.8, 4) is 0 Å². The Hall–Kier alpha value is -1.61. The highest BCUT2D eigenvalue weighted by Crippen LogP contribution is 2.13. The Kier molecular flexibility index (Phi) is 3.06. The average molecular weight is 215 g/mol. The Bertz CT molecular complexity index is 486. The van der Waals surface area contributed by atoms with E-state index < -0.39 is 0 Å². The van der Waals surface area contributed by atoms with Gasteiger partial charge in [0, 0.05) is 24.9 Å². The summed E-state index contributed by atoms with van der Waals surface area (Å²) in [4.78, 5) is 7.53. The van der Waals surface area contributed by atoms with Crippen LogP contribution in [-0.2, 0) is 13.0 Å². The molecule has 2 aromatic rings. The Labute approximate surface area is 95.7 Å². The van der Waals surface area contributed by atoms with Crippen molar-refractivity contribution in [2.45, 2.75) is 26.8 Å². The maximum absolute atomic E-state index is 5.54. The summed E-state index contributed by atoms with van der Waals surface area (Å²) in [5.74, 6) is 0.979. The van der Waals surface area contributed by atoms with Gasteiger partial charge in [-0.2, -0.15) is 0 Å². The van der Waals surface area contributed by atoms with Gasteiger partial charge in [-0.15, -0.1) is 0 Å². The highest BCUT2D eigenvalue weighted by Gasteiger charge is 2.03. The lowest BCUT2D eigenvalue weighted by Gasteiger charge is -2.04. The fourth-order valence-corrected chi connectivity index (χ4v) is 1.82. The molecule has 0 aliphatic rings. The molecule has 16 heavy (non-hydrogen) atoms. The predicted molar refractivity (Wildman–Crippen MR) is 65.2 cm³/mol. The normalized spacial score (nSPS) is 10.7. The van der Waals surface area contributed by atoms with Crippen LogP contribution in [0.5, 0.6) is 0 Å². The van der Waals surface area contributed by atoms with E-state index in [2.05, 4.69) is 42.0 Å². The standard InChI is InChI=1S/C13H17N3/c1-9-3-4-11(10(2)5-9)6-13-15-8-12(7-14)16-13/h3-5,8H,6-7,14H2,1-2H3,(H,15,16). The fourth-order valence-electron chi connectivity index (χ4n) is 1.82. The van der Waals surface area contributed by atoms with Crippen LogP contribution in [-0.4, -0.2) is 9.97 Å². The van der Waals surface area contributed by atoms with Crippen LogP contribution in [0.2, 0.25) is 0 Å². The zero-order valence-electron chi connectivity index (χ0n) is 9.75. The Morgan fingerprint density at radius 3 is 2.75 bits per heavy atom. The van der Waals surface area contributed by atoms with Crippen LogP contribution in [0.1, 0.15) is 28.2 Å². The molecule has 1 aromatic carbocycles. The molecule has 0 atom stereocenters. The molecule has 0 aliphatic carbocycles. The lowest BCUT2D eigenvalue weighted by molar-refractivity contribution is 0.963. The maximum Gasteiger partial charge on any atom is 0.110 e. The second-order valence-electron chi connectivity index (χ2n) is 4.17. The molecule has 0 unspecified atom stereocenters. The molecule has 3 nitrogen and oxygen atoms in total. The van der Waals surface area contributed by atoms with Crippen LogP contribution in [0.15, 0.2) is 24.4 Å². The van der Waals surface area contributed by atoms with E-state index in [0.717, 1.165) is 17.9 Å². The van der Waals surface area contributed by atoms with Crippen molar-refractivity contribution in [1.29, 1.82) is 0 Å². The number of H-pyrrole nitrogens is 1. The molecular formula is C13H17N3. The van der Waals surface area contributed by atoms with E-state index in [-0.39, 0.29) is 0 Å². The topological polar surface area (TPSA) is 54.7 Å². The van der Waals surface area contributed by atoms with Crippen LogP contribution in [0.3, 0.4) is 0 Å². The van der Waals surface area contributed by atoms with Crippen molar-refractivity contribution in [3.63, 3.8) is 0 Å². The largest absolute Gasteiger partial charge is 0.345 e. The minimum Gasteiger partial charge on any atom is -0.345 e. The molecule has 0 amide bonds. The van der Waals surface area contributed by atoms with Gasteiger partial charge in [0.1, 0.15) is 5.82 Å². The zero-order chi connectivity index (χ0) is 11.5. The number of benzene rings is 1. The first-order valence-corrected chi connectivity index (χ1v) is 5.48. The van der Waals surface area contributed by atoms with E-state index in [9.17, 15) is 0 Å². The van der Waals surface area contributed by atoms with Gasteiger partial charge < -0.3 is 10.7 Å². The minimum absolute atomic E-state index is 0.514. The van der Waals surface area contributed by atoms with Crippen LogP contribution in [0, 0.1) is 13.8 Å². The molecule has 3 heteroatoms. The maximum atomic E-state index is 5.54. The summed E-state index contributed by atoms with van der Waals surface area (Å²) >= 11 is 0. The molecule has 0 radical (unpaired) electrons. The molecular weight excluding hydrogens is 198 g/mol. The second kappa shape index (κ2) is 4.49. The first kappa shape index (κ1) is 10.9. The average Bonchev–Trinajstić information content (AvgIpc) is 2.70. The molecule has 1 aromatic heterocycles. The predicted octanol–water partition coefficient (Wildman–Crippen LogP) is 2.08. The van der Waals surface area contributed by atoms with Gasteiger partial charge >= 0.3 is 0 Å². The number of nitrogens with two attached hydrogens (primary N) is 1. The summed E-state index contributed by atoms with van der Waals surface area (Å²) < 4.78 is 0. The molecule has 0 spiro atoms. The van der Waals surface area contributed by atoms with Gasteiger partial charge in [0.15, 0.2) is 0 Å². The summed E-state index contributed by atoms with van der Waals surface area (Å²) in [5.41, 5.74) is 10.4. The van der Waals surface area contributed by atoms with E-state index in [0.29, 0.717) is 6.54 Å². The van der Waals surface area contributed by atoms with E-state index >= 15 is 0 Å². The molecule has 0 fully saturated rings. The van der Waals surface area contributed by atoms with Gasteiger partial charge in [0.05, 0.1) is 0 Å². The summed E-state index contributed by atoms with van der Waals surface area (Å²) in [6, 6.07) is 6.49. The van der Waals surface area contributed by atoms with Crippen LogP contribution >= 0.6 is 0 Å². The van der Waals surface area contributed by atoms with Gasteiger partial charge in [0.25, 0.3) is 0 Å². The van der Waals surface area contributed by atoms with Gasteiger partial charge in [-0.1, -0.05) is 23.8 Å². The van der Waals surface area contributed by atoms with Gasteiger partial charge in [0.2, 0.25) is 0 Å². The summed E-state index contributed by atoms with van der Waals surface area (Å²) in [7, 11) is 0. The third-order valence-corrected chi connectivity index (χ3v) is 2.76. The molecule has 3 N–H and O–H groups in total. The van der Waals surface area contributed by atoms with Crippen LogP contribution in [0.25, 0.3) is 0 Å². The number of nitrogens with zero attached hydrogens (tertiary/aromatic N) is 1. The first-order chi connectivity index (χ1) is 7.69. The van der Waals surface area contributed by atoms with Crippen molar-refractivity contribution >= 4 is 0 Å². The second-order valence-corrected chi connectivity index (χ2v) is 4.17. The number of hydrogen-bond donors (Lipinski definition) is 2. The van der Waals surface area contributed by atoms with Crippen molar-refractivity contribution in [1.82, 2.24) is 9.97 Å². The third kappa shape index (κ3) is 2.31. The van der Waals surface area contributed by atoms with Crippen LogP contribution < -0.4 is 5.73 Å². The fraction of sp³-hybridized carbons (Fsp3) is 0.308. The Morgan fingerprint density at radius 1 is 1.31 bits per heavy atom. The lowest BCUT2D eigenvalue weighted by atomic mass is 10.0. The summed E-state index contributed by atoms with van der Waals surface area (Å²) in [6.07, 6.45) is 2.64. The Morgan fingerprint density at radius 2 is 2.12 bits per heavy atom. The summed E-state index contributed by atoms with van der Waals surface area (Å²) in [5, 5.41) is 0.